The van der Waals surface area contributed by atoms with Crippen LogP contribution < -0.4 is 5.48 Å². The molecule has 0 spiro atoms. The van der Waals surface area contributed by atoms with Gasteiger partial charge in [-0.25, -0.2) is 0 Å². The van der Waals surface area contributed by atoms with Gasteiger partial charge >= 0.3 is 0 Å². The number of nitrogens with one attached hydrogen (secondary N) is 1. The van der Waals surface area contributed by atoms with Crippen molar-refractivity contribution in [3.63, 3.8) is 0 Å². The Hall–Kier alpha value is -0.120. The molecule has 36 valence electrons. The van der Waals surface area contributed by atoms with Crippen LogP contribution in [0.5, 0.6) is 0 Å². The summed E-state index contributed by atoms with van der Waals surface area (Å²) in [6.07, 6.45) is 0. The molecule has 0 unspecified atom stereocenters. The van der Waals surface area contributed by atoms with Crippen molar-refractivity contribution >= 4 is 0 Å². The van der Waals surface area contributed by atoms with Crippen molar-refractivity contribution in [1.29, 1.82) is 0 Å². The highest BCUT2D eigenvalue weighted by atomic mass is 16.7. The van der Waals surface area contributed by atoms with Crippen molar-refractivity contribution in [2.45, 2.75) is 0 Å². The third-order valence-corrected chi connectivity index (χ3v) is 0.721. The minimum atomic E-state index is 0.708. The number of nitrogens with zero attached hydrogens (tertiary/aromatic N) is 1. The highest BCUT2D eigenvalue weighted by molar-refractivity contribution is 4.39. The van der Waals surface area contributed by atoms with Crippen molar-refractivity contribution in [1.82, 2.24) is 10.4 Å². The summed E-state index contributed by atoms with van der Waals surface area (Å²) in [6.45, 7) is 1.56. The molecule has 0 amide bonds. The molecule has 1 rings (SSSR count). The molecular formula is C3H8N2O. The zero-order valence-corrected chi connectivity index (χ0v) is 3.77. The van der Waals surface area contributed by atoms with Crippen LogP contribution in [0, 0.1) is 0 Å². The zero-order valence-electron chi connectivity index (χ0n) is 3.77. The monoisotopic (exact) mass is 88.1 g/mol. The SMILES string of the molecule is CN1CNOC1. The molecule has 3 heteroatoms. The van der Waals surface area contributed by atoms with Crippen LogP contribution in [-0.2, 0) is 4.84 Å². The summed E-state index contributed by atoms with van der Waals surface area (Å²) < 4.78 is 0. The van der Waals surface area contributed by atoms with Crippen molar-refractivity contribution in [2.24, 2.45) is 0 Å². The first kappa shape index (κ1) is 4.05. The number of hydrogen-bond acceptors (Lipinski definition) is 3. The molecule has 0 aromatic rings. The fraction of sp³-hybridized carbons (Fsp3) is 1.00. The smallest absolute Gasteiger partial charge is 0.122 e. The first-order valence-corrected chi connectivity index (χ1v) is 1.93. The quantitative estimate of drug-likeness (QED) is 0.426. The Kier molecular flexibility index (Phi) is 1.05. The lowest BCUT2D eigenvalue weighted by atomic mass is 10.9. The molecule has 1 fully saturated rings. The lowest BCUT2D eigenvalue weighted by Crippen LogP contribution is -2.15. The van der Waals surface area contributed by atoms with E-state index >= 15 is 0 Å². The molecule has 1 saturated heterocycles. The lowest BCUT2D eigenvalue weighted by molar-refractivity contribution is 0.0837. The van der Waals surface area contributed by atoms with E-state index in [1.54, 1.807) is 0 Å². The van der Waals surface area contributed by atoms with Gasteiger partial charge in [-0.05, 0) is 7.05 Å². The van der Waals surface area contributed by atoms with E-state index in [4.69, 9.17) is 4.84 Å². The predicted molar refractivity (Wildman–Crippen MR) is 21.7 cm³/mol. The average molecular weight is 88.1 g/mol. The lowest BCUT2D eigenvalue weighted by Gasteiger charge is -1.96. The van der Waals surface area contributed by atoms with Crippen LogP contribution in [0.3, 0.4) is 0 Å². The molecule has 0 bridgehead atoms. The first-order valence-electron chi connectivity index (χ1n) is 1.93. The third-order valence-electron chi connectivity index (χ3n) is 0.721. The van der Waals surface area contributed by atoms with Crippen LogP contribution in [0.25, 0.3) is 0 Å². The van der Waals surface area contributed by atoms with Crippen molar-refractivity contribution < 1.29 is 4.84 Å². The Labute approximate surface area is 36.8 Å². The van der Waals surface area contributed by atoms with Gasteiger partial charge in [0.25, 0.3) is 0 Å². The van der Waals surface area contributed by atoms with E-state index in [1.165, 1.54) is 0 Å². The van der Waals surface area contributed by atoms with E-state index in [2.05, 4.69) is 5.48 Å². The second kappa shape index (κ2) is 1.55. The molecular weight excluding hydrogens is 80.0 g/mol. The van der Waals surface area contributed by atoms with Gasteiger partial charge in [-0.15, -0.1) is 0 Å². The largest absolute Gasteiger partial charge is 0.285 e. The van der Waals surface area contributed by atoms with E-state index in [0.717, 1.165) is 6.67 Å². The van der Waals surface area contributed by atoms with Crippen molar-refractivity contribution in [2.75, 3.05) is 20.4 Å². The van der Waals surface area contributed by atoms with Crippen LogP contribution in [0.1, 0.15) is 0 Å². The van der Waals surface area contributed by atoms with Gasteiger partial charge in [-0.2, -0.15) is 5.48 Å². The van der Waals surface area contributed by atoms with Crippen LogP contribution in [0.15, 0.2) is 0 Å². The topological polar surface area (TPSA) is 24.5 Å². The van der Waals surface area contributed by atoms with E-state index in [0.29, 0.717) is 6.73 Å². The highest BCUT2D eigenvalue weighted by Crippen LogP contribution is 1.84. The van der Waals surface area contributed by atoms with Gasteiger partial charge in [-0.3, -0.25) is 9.74 Å². The number of hydroxylamine groups is 1. The van der Waals surface area contributed by atoms with Gasteiger partial charge in [0.1, 0.15) is 6.73 Å². The van der Waals surface area contributed by atoms with Gasteiger partial charge in [0.2, 0.25) is 0 Å². The molecule has 1 aliphatic heterocycles. The highest BCUT2D eigenvalue weighted by Gasteiger charge is 2.02. The molecule has 0 radical (unpaired) electrons. The van der Waals surface area contributed by atoms with E-state index in [1.807, 2.05) is 11.9 Å². The summed E-state index contributed by atoms with van der Waals surface area (Å²) in [7, 11) is 1.99. The second-order valence-corrected chi connectivity index (χ2v) is 1.43. The van der Waals surface area contributed by atoms with E-state index in [9.17, 15) is 0 Å². The van der Waals surface area contributed by atoms with Gasteiger partial charge < -0.3 is 0 Å². The predicted octanol–water partition coefficient (Wildman–Crippen LogP) is -0.632. The van der Waals surface area contributed by atoms with Gasteiger partial charge in [0, 0.05) is 0 Å². The van der Waals surface area contributed by atoms with Crippen LogP contribution in [-0.4, -0.2) is 25.3 Å². The van der Waals surface area contributed by atoms with Crippen LogP contribution >= 0.6 is 0 Å². The Bertz CT molecular complexity index is 42.1. The minimum absolute atomic E-state index is 0.708. The molecule has 1 heterocycles. The molecule has 1 N–H and O–H groups in total. The van der Waals surface area contributed by atoms with E-state index in [-0.39, 0.29) is 0 Å². The second-order valence-electron chi connectivity index (χ2n) is 1.43. The molecule has 6 heavy (non-hydrogen) atoms. The molecule has 1 aliphatic rings. The maximum Gasteiger partial charge on any atom is 0.122 e. The van der Waals surface area contributed by atoms with Crippen LogP contribution in [0.2, 0.25) is 0 Å². The summed E-state index contributed by atoms with van der Waals surface area (Å²) in [4.78, 5) is 6.76. The fourth-order valence-corrected chi connectivity index (χ4v) is 0.357. The normalized spacial score (nSPS) is 25.5. The number of hydrogen-bond donors (Lipinski definition) is 1. The molecule has 3 nitrogen and oxygen atoms in total. The Morgan fingerprint density at radius 2 is 2.67 bits per heavy atom. The van der Waals surface area contributed by atoms with Gasteiger partial charge in [0.05, 0.1) is 6.67 Å². The Morgan fingerprint density at radius 1 is 1.83 bits per heavy atom. The molecule has 0 saturated carbocycles. The Balaban J connectivity index is 2.18. The van der Waals surface area contributed by atoms with Gasteiger partial charge in [-0.1, -0.05) is 0 Å². The zero-order chi connectivity index (χ0) is 4.41. The standard InChI is InChI=1S/C3H8N2O/c1-5-2-4-6-3-5/h4H,2-3H2,1H3. The molecule has 0 aromatic carbocycles. The first-order chi connectivity index (χ1) is 2.89. The summed E-state index contributed by atoms with van der Waals surface area (Å²) in [5.74, 6) is 0. The third kappa shape index (κ3) is 0.680. The van der Waals surface area contributed by atoms with E-state index < -0.39 is 0 Å². The molecule has 0 aromatic heterocycles. The Morgan fingerprint density at radius 3 is 2.83 bits per heavy atom. The summed E-state index contributed by atoms with van der Waals surface area (Å²) >= 11 is 0. The maximum absolute atomic E-state index is 4.73. The molecule has 0 aliphatic carbocycles. The maximum atomic E-state index is 4.73. The van der Waals surface area contributed by atoms with Crippen molar-refractivity contribution in [3.05, 3.63) is 0 Å². The minimum Gasteiger partial charge on any atom is -0.285 e. The summed E-state index contributed by atoms with van der Waals surface area (Å²) in [6, 6.07) is 0. The van der Waals surface area contributed by atoms with Crippen molar-refractivity contribution in [3.8, 4) is 0 Å². The number of rotatable bonds is 0. The molecule has 0 atom stereocenters. The van der Waals surface area contributed by atoms with Gasteiger partial charge in [0.15, 0.2) is 0 Å². The fourth-order valence-electron chi connectivity index (χ4n) is 0.357. The summed E-state index contributed by atoms with van der Waals surface area (Å²) in [5, 5.41) is 0. The summed E-state index contributed by atoms with van der Waals surface area (Å²) in [5.41, 5.74) is 2.70. The van der Waals surface area contributed by atoms with Crippen LogP contribution in [0.4, 0.5) is 0 Å². The average Bonchev–Trinajstić information content (AvgIpc) is 1.86.